The van der Waals surface area contributed by atoms with Gasteiger partial charge >= 0.3 is 0 Å². The van der Waals surface area contributed by atoms with E-state index in [0.717, 1.165) is 38.5 Å². The second-order valence-corrected chi connectivity index (χ2v) is 14.7. The highest BCUT2D eigenvalue weighted by atomic mass is 16.4. The molecule has 4 heteroatoms. The summed E-state index contributed by atoms with van der Waals surface area (Å²) in [5.41, 5.74) is -1.62. The first-order valence-electron chi connectivity index (χ1n) is 13.9. The van der Waals surface area contributed by atoms with Crippen molar-refractivity contribution in [3.8, 4) is 0 Å². The van der Waals surface area contributed by atoms with Crippen molar-refractivity contribution in [2.45, 2.75) is 137 Å². The van der Waals surface area contributed by atoms with Crippen molar-refractivity contribution >= 4 is 0 Å². The van der Waals surface area contributed by atoms with Gasteiger partial charge in [-0.05, 0) is 112 Å². The Hall–Kier alpha value is -0.420. The molecule has 0 aliphatic heterocycles. The molecule has 0 heterocycles. The normalized spacial score (nSPS) is 51.6. The van der Waals surface area contributed by atoms with Gasteiger partial charge in [-0.1, -0.05) is 46.3 Å². The van der Waals surface area contributed by atoms with Crippen LogP contribution in [0.5, 0.6) is 0 Å². The fraction of sp³-hybridized carbons (Fsp3) is 0.933. The third-order valence-electron chi connectivity index (χ3n) is 12.5. The van der Waals surface area contributed by atoms with Crippen LogP contribution >= 0.6 is 0 Å². The Morgan fingerprint density at radius 1 is 0.912 bits per heavy atom. The summed E-state index contributed by atoms with van der Waals surface area (Å²) in [7, 11) is 0. The largest absolute Gasteiger partial charge is 0.393 e. The van der Waals surface area contributed by atoms with Gasteiger partial charge in [0.15, 0.2) is 0 Å². The van der Waals surface area contributed by atoms with E-state index in [9.17, 15) is 20.4 Å². The molecule has 0 radical (unpaired) electrons. The molecule has 0 bridgehead atoms. The number of aliphatic hydroxyl groups is 4. The molecule has 10 atom stereocenters. The van der Waals surface area contributed by atoms with Crippen molar-refractivity contribution in [3.05, 3.63) is 11.6 Å². The minimum Gasteiger partial charge on any atom is -0.393 e. The highest BCUT2D eigenvalue weighted by Gasteiger charge is 2.74. The topological polar surface area (TPSA) is 80.9 Å². The van der Waals surface area contributed by atoms with Crippen molar-refractivity contribution in [3.63, 3.8) is 0 Å². The van der Waals surface area contributed by atoms with Crippen molar-refractivity contribution < 1.29 is 20.4 Å². The summed E-state index contributed by atoms with van der Waals surface area (Å²) in [5.74, 6) is 0.451. The van der Waals surface area contributed by atoms with Gasteiger partial charge in [-0.25, -0.2) is 0 Å². The van der Waals surface area contributed by atoms with Crippen LogP contribution < -0.4 is 0 Å². The Morgan fingerprint density at radius 3 is 2.18 bits per heavy atom. The van der Waals surface area contributed by atoms with Crippen molar-refractivity contribution in [1.29, 1.82) is 0 Å². The molecule has 4 saturated carbocycles. The molecule has 4 fully saturated rings. The van der Waals surface area contributed by atoms with Gasteiger partial charge in [0.05, 0.1) is 23.4 Å². The second-order valence-electron chi connectivity index (χ2n) is 14.7. The predicted octanol–water partition coefficient (Wildman–Crippen LogP) is 5.62. The summed E-state index contributed by atoms with van der Waals surface area (Å²) < 4.78 is 0. The molecule has 0 amide bonds. The Kier molecular flexibility index (Phi) is 6.30. The van der Waals surface area contributed by atoms with Gasteiger partial charge in [0.1, 0.15) is 0 Å². The molecule has 196 valence electrons. The average Bonchev–Trinajstić information content (AvgIpc) is 3.02. The molecule has 4 aliphatic rings. The Balaban J connectivity index is 1.71. The second kappa shape index (κ2) is 8.04. The van der Waals surface area contributed by atoms with E-state index in [2.05, 4.69) is 54.5 Å². The first-order valence-corrected chi connectivity index (χ1v) is 13.9. The fourth-order valence-corrected chi connectivity index (χ4v) is 10.3. The Bertz CT molecular complexity index is 828. The minimum absolute atomic E-state index is 0.0129. The Labute approximate surface area is 208 Å². The molecule has 0 aromatic carbocycles. The molecular formula is C30H52O4. The Morgan fingerprint density at radius 2 is 1.56 bits per heavy atom. The van der Waals surface area contributed by atoms with Crippen LogP contribution in [0.1, 0.15) is 113 Å². The smallest absolute Gasteiger partial charge is 0.0988 e. The minimum atomic E-state index is -1.29. The zero-order chi connectivity index (χ0) is 25.5. The molecule has 0 aromatic rings. The predicted molar refractivity (Wildman–Crippen MR) is 137 cm³/mol. The maximum Gasteiger partial charge on any atom is 0.0988 e. The van der Waals surface area contributed by atoms with Gasteiger partial charge in [0, 0.05) is 5.92 Å². The lowest BCUT2D eigenvalue weighted by atomic mass is 9.35. The van der Waals surface area contributed by atoms with Gasteiger partial charge in [-0.3, -0.25) is 0 Å². The van der Waals surface area contributed by atoms with Crippen molar-refractivity contribution in [2.75, 3.05) is 0 Å². The van der Waals surface area contributed by atoms with E-state index in [1.165, 1.54) is 5.57 Å². The first kappa shape index (κ1) is 26.6. The van der Waals surface area contributed by atoms with Gasteiger partial charge in [-0.15, -0.1) is 0 Å². The van der Waals surface area contributed by atoms with E-state index in [1.807, 2.05) is 0 Å². The van der Waals surface area contributed by atoms with E-state index < -0.39 is 17.3 Å². The number of aliphatic hydroxyl groups excluding tert-OH is 2. The third-order valence-corrected chi connectivity index (χ3v) is 12.5. The van der Waals surface area contributed by atoms with Crippen LogP contribution in [0.3, 0.4) is 0 Å². The van der Waals surface area contributed by atoms with Crippen LogP contribution in [0.15, 0.2) is 11.6 Å². The zero-order valence-corrected chi connectivity index (χ0v) is 23.1. The molecule has 0 unspecified atom stereocenters. The third kappa shape index (κ3) is 3.37. The molecular weight excluding hydrogens is 424 g/mol. The summed E-state index contributed by atoms with van der Waals surface area (Å²) in [6.07, 6.45) is 8.50. The summed E-state index contributed by atoms with van der Waals surface area (Å²) in [6.45, 7) is 17.6. The van der Waals surface area contributed by atoms with Crippen molar-refractivity contribution in [1.82, 2.24) is 0 Å². The highest BCUT2D eigenvalue weighted by molar-refractivity contribution is 5.24. The summed E-state index contributed by atoms with van der Waals surface area (Å²) in [4.78, 5) is 0. The van der Waals surface area contributed by atoms with Crippen LogP contribution in [-0.2, 0) is 0 Å². The number of hydrogen-bond acceptors (Lipinski definition) is 4. The molecule has 4 nitrogen and oxygen atoms in total. The van der Waals surface area contributed by atoms with Gasteiger partial charge < -0.3 is 20.4 Å². The van der Waals surface area contributed by atoms with Crippen LogP contribution in [-0.4, -0.2) is 43.8 Å². The first-order chi connectivity index (χ1) is 15.5. The lowest BCUT2D eigenvalue weighted by Crippen LogP contribution is -2.69. The number of allylic oxidation sites excluding steroid dienone is 2. The van der Waals surface area contributed by atoms with Gasteiger partial charge in [0.25, 0.3) is 0 Å². The summed E-state index contributed by atoms with van der Waals surface area (Å²) >= 11 is 0. The van der Waals surface area contributed by atoms with Gasteiger partial charge in [-0.2, -0.15) is 0 Å². The van der Waals surface area contributed by atoms with E-state index in [4.69, 9.17) is 0 Å². The van der Waals surface area contributed by atoms with E-state index in [-0.39, 0.29) is 33.7 Å². The lowest BCUT2D eigenvalue weighted by molar-refractivity contribution is -0.271. The zero-order valence-electron chi connectivity index (χ0n) is 23.1. The van der Waals surface area contributed by atoms with Gasteiger partial charge in [0.2, 0.25) is 0 Å². The SMILES string of the molecule is CC(C)=CCC[C@@](C)(O)[C@@]1(O)CC[C@]2(C)[C@@H]1[C@H](O)C[C@@H]1[C@@]3(C)CC[C@@H](O)C(C)(C)[C@H]3CC[C@]12C. The molecule has 4 rings (SSSR count). The maximum atomic E-state index is 12.2. The monoisotopic (exact) mass is 476 g/mol. The van der Waals surface area contributed by atoms with E-state index >= 15 is 0 Å². The van der Waals surface area contributed by atoms with Crippen LogP contribution in [0.4, 0.5) is 0 Å². The summed E-state index contributed by atoms with van der Waals surface area (Å²) in [5, 5.41) is 46.4. The summed E-state index contributed by atoms with van der Waals surface area (Å²) in [6, 6.07) is 0. The quantitative estimate of drug-likeness (QED) is 0.397. The highest BCUT2D eigenvalue weighted by Crippen LogP contribution is 2.76. The molecule has 0 aromatic heterocycles. The van der Waals surface area contributed by atoms with Crippen LogP contribution in [0.2, 0.25) is 0 Å². The molecule has 4 N–H and O–H groups in total. The molecule has 34 heavy (non-hydrogen) atoms. The molecule has 0 saturated heterocycles. The standard InChI is InChI=1S/C30H52O4/c1-19(2)10-9-13-29(8,33)30(34)17-16-28(7)24(30)20(31)18-22-26(5)14-12-23(32)25(3,4)21(26)11-15-27(22,28)6/h10,20-24,31-34H,9,11-18H2,1-8H3/t20-,21-,22-,23-,24+,26+,27-,28-,29-,30-/m1/s1. The number of rotatable bonds is 4. The fourth-order valence-electron chi connectivity index (χ4n) is 10.3. The number of fused-ring (bicyclic) bond motifs is 5. The molecule has 0 spiro atoms. The average molecular weight is 477 g/mol. The van der Waals surface area contributed by atoms with E-state index in [1.54, 1.807) is 6.92 Å². The van der Waals surface area contributed by atoms with E-state index in [0.29, 0.717) is 31.1 Å². The molecule has 4 aliphatic carbocycles. The maximum absolute atomic E-state index is 12.2. The number of hydrogen-bond donors (Lipinski definition) is 4. The van der Waals surface area contributed by atoms with Crippen molar-refractivity contribution in [2.24, 2.45) is 39.4 Å². The lowest BCUT2D eigenvalue weighted by Gasteiger charge is -2.70. The van der Waals surface area contributed by atoms with Crippen LogP contribution in [0, 0.1) is 39.4 Å². The van der Waals surface area contributed by atoms with Crippen LogP contribution in [0.25, 0.3) is 0 Å².